The van der Waals surface area contributed by atoms with Gasteiger partial charge in [-0.2, -0.15) is 8.78 Å². The number of fused-ring (bicyclic) bond motifs is 1. The molecule has 0 radical (unpaired) electrons. The molecule has 0 aliphatic rings. The molecule has 0 spiro atoms. The highest BCUT2D eigenvalue weighted by atomic mass is 31.0. The summed E-state index contributed by atoms with van der Waals surface area (Å²) >= 11 is 0. The van der Waals surface area contributed by atoms with Gasteiger partial charge in [-0.1, -0.05) is 45.6 Å². The zero-order valence-electron chi connectivity index (χ0n) is 11.3. The van der Waals surface area contributed by atoms with E-state index in [1.54, 1.807) is 12.1 Å². The number of halogens is 2. The van der Waals surface area contributed by atoms with Gasteiger partial charge >= 0.3 is 12.8 Å². The van der Waals surface area contributed by atoms with Crippen LogP contribution in [0.15, 0.2) is 36.4 Å². The molecular formula is C14H12BF2O4P. The van der Waals surface area contributed by atoms with Crippen molar-refractivity contribution in [2.45, 2.75) is 12.1 Å². The zero-order chi connectivity index (χ0) is 16.5. The van der Waals surface area contributed by atoms with Crippen LogP contribution < -0.4 is 5.46 Å². The van der Waals surface area contributed by atoms with Crippen molar-refractivity contribution >= 4 is 44.2 Å². The van der Waals surface area contributed by atoms with E-state index >= 15 is 0 Å². The summed E-state index contributed by atoms with van der Waals surface area (Å²) in [5.41, 5.74) is -3.37. The van der Waals surface area contributed by atoms with Gasteiger partial charge in [-0.05, 0) is 16.2 Å². The minimum Gasteiger partial charge on any atom is -0.423 e. The lowest BCUT2D eigenvalue weighted by Crippen LogP contribution is -2.30. The molecule has 0 fully saturated rings. The average molecular weight is 324 g/mol. The predicted molar refractivity (Wildman–Crippen MR) is 82.4 cm³/mol. The van der Waals surface area contributed by atoms with Gasteiger partial charge < -0.3 is 10.0 Å². The number of carbonyl (C=O) groups is 2. The molecular weight excluding hydrogens is 312 g/mol. The number of rotatable bonds is 5. The van der Waals surface area contributed by atoms with Crippen LogP contribution in [0.3, 0.4) is 0 Å². The lowest BCUT2D eigenvalue weighted by atomic mass is 9.76. The van der Waals surface area contributed by atoms with Gasteiger partial charge in [-0.25, -0.2) is 0 Å². The molecule has 0 aromatic heterocycles. The highest BCUT2D eigenvalue weighted by Gasteiger charge is 2.34. The van der Waals surface area contributed by atoms with Gasteiger partial charge in [-0.3, -0.25) is 9.59 Å². The second-order valence-corrected chi connectivity index (χ2v) is 5.49. The van der Waals surface area contributed by atoms with Gasteiger partial charge in [0.25, 0.3) is 0 Å². The van der Waals surface area contributed by atoms with Crippen molar-refractivity contribution in [3.8, 4) is 0 Å². The summed E-state index contributed by atoms with van der Waals surface area (Å²) < 4.78 is 25.7. The van der Waals surface area contributed by atoms with Crippen LogP contribution in [0.1, 0.15) is 16.8 Å². The first-order valence-electron chi connectivity index (χ1n) is 6.33. The van der Waals surface area contributed by atoms with Gasteiger partial charge in [-0.15, -0.1) is 0 Å². The van der Waals surface area contributed by atoms with Crippen molar-refractivity contribution in [2.75, 3.05) is 0 Å². The largest absolute Gasteiger partial charge is 0.489 e. The first-order chi connectivity index (χ1) is 10.2. The molecule has 1 unspecified atom stereocenters. The lowest BCUT2D eigenvalue weighted by molar-refractivity contribution is -0.131. The zero-order valence-corrected chi connectivity index (χ0v) is 12.4. The molecule has 0 bridgehead atoms. The molecule has 0 amide bonds. The van der Waals surface area contributed by atoms with E-state index in [9.17, 15) is 28.4 Å². The molecule has 2 aromatic carbocycles. The number of ketones is 2. The summed E-state index contributed by atoms with van der Waals surface area (Å²) in [4.78, 5) is 23.4. The van der Waals surface area contributed by atoms with E-state index in [1.165, 1.54) is 24.3 Å². The van der Waals surface area contributed by atoms with E-state index < -0.39 is 30.8 Å². The van der Waals surface area contributed by atoms with Crippen molar-refractivity contribution in [3.63, 3.8) is 0 Å². The Kier molecular flexibility index (Phi) is 4.70. The first-order valence-corrected chi connectivity index (χ1v) is 6.90. The Balaban J connectivity index is 2.46. The Bertz CT molecular complexity index is 743. The molecule has 0 aliphatic carbocycles. The first kappa shape index (κ1) is 16.7. The van der Waals surface area contributed by atoms with E-state index in [2.05, 4.69) is 0 Å². The van der Waals surface area contributed by atoms with E-state index in [1.807, 2.05) is 0 Å². The third kappa shape index (κ3) is 3.38. The summed E-state index contributed by atoms with van der Waals surface area (Å²) in [6.07, 6.45) is -0.929. The summed E-state index contributed by atoms with van der Waals surface area (Å²) in [5, 5.41) is 19.4. The van der Waals surface area contributed by atoms with E-state index in [0.29, 0.717) is 10.8 Å². The van der Waals surface area contributed by atoms with E-state index in [4.69, 9.17) is 0 Å². The van der Waals surface area contributed by atoms with Gasteiger partial charge in [0.1, 0.15) is 0 Å². The fourth-order valence-corrected chi connectivity index (χ4v) is 2.26. The number of carbonyl (C=O) groups excluding carboxylic acids is 2. The third-order valence-electron chi connectivity index (χ3n) is 3.23. The maximum atomic E-state index is 12.9. The number of hydrogen-bond donors (Lipinski definition) is 2. The monoisotopic (exact) mass is 324 g/mol. The van der Waals surface area contributed by atoms with Crippen molar-refractivity contribution in [1.82, 2.24) is 0 Å². The minimum atomic E-state index is -3.65. The molecule has 0 heterocycles. The fourth-order valence-electron chi connectivity index (χ4n) is 2.16. The molecule has 4 nitrogen and oxygen atoms in total. The van der Waals surface area contributed by atoms with Crippen molar-refractivity contribution in [2.24, 2.45) is 0 Å². The maximum absolute atomic E-state index is 12.9. The van der Waals surface area contributed by atoms with E-state index in [-0.39, 0.29) is 11.0 Å². The number of hydrogen-bond acceptors (Lipinski definition) is 4. The highest BCUT2D eigenvalue weighted by Crippen LogP contribution is 2.26. The SMILES string of the molecule is O=C(CC(=O)C(F)(F)P)c1cccc2c(B(O)O)cccc12. The lowest BCUT2D eigenvalue weighted by Gasteiger charge is -2.11. The molecule has 2 rings (SSSR count). The van der Waals surface area contributed by atoms with Crippen LogP contribution in [-0.4, -0.2) is 34.4 Å². The van der Waals surface area contributed by atoms with Crippen molar-refractivity contribution in [3.05, 3.63) is 42.0 Å². The summed E-state index contributed by atoms with van der Waals surface area (Å²) in [6, 6.07) is 9.02. The van der Waals surface area contributed by atoms with Crippen molar-refractivity contribution in [1.29, 1.82) is 0 Å². The van der Waals surface area contributed by atoms with Crippen LogP contribution in [0.2, 0.25) is 0 Å². The third-order valence-corrected chi connectivity index (χ3v) is 3.55. The van der Waals surface area contributed by atoms with Crippen LogP contribution in [0.5, 0.6) is 0 Å². The molecule has 0 saturated carbocycles. The summed E-state index contributed by atoms with van der Waals surface area (Å²) in [5.74, 6) is -2.24. The molecule has 0 saturated heterocycles. The van der Waals surface area contributed by atoms with Gasteiger partial charge in [0.05, 0.1) is 6.42 Å². The Hall–Kier alpha value is -1.69. The standard InChI is InChI=1S/C14H12BF2O4P/c16-14(17,22)13(19)7-12(18)10-5-1-4-9-8(10)3-2-6-11(9)15(20)21/h1-6,20-21H,7,22H2. The molecule has 0 aliphatic heterocycles. The quantitative estimate of drug-likeness (QED) is 0.374. The Labute approximate surface area is 127 Å². The summed E-state index contributed by atoms with van der Waals surface area (Å²) in [6.45, 7) is 0. The molecule has 1 atom stereocenters. The average Bonchev–Trinajstić information content (AvgIpc) is 2.44. The minimum absolute atomic E-state index is 0.0857. The van der Waals surface area contributed by atoms with Crippen LogP contribution >= 0.6 is 9.24 Å². The van der Waals surface area contributed by atoms with Crippen LogP contribution in [0.25, 0.3) is 10.8 Å². The number of alkyl halides is 2. The molecule has 2 N–H and O–H groups in total. The second kappa shape index (κ2) is 6.20. The second-order valence-electron chi connectivity index (χ2n) is 4.77. The van der Waals surface area contributed by atoms with Gasteiger partial charge in [0, 0.05) is 5.56 Å². The van der Waals surface area contributed by atoms with Crippen LogP contribution in [-0.2, 0) is 4.79 Å². The number of Topliss-reactive ketones (excluding diaryl/α,β-unsaturated/α-hetero) is 2. The smallest absolute Gasteiger partial charge is 0.423 e. The maximum Gasteiger partial charge on any atom is 0.489 e. The fraction of sp³-hybridized carbons (Fsp3) is 0.143. The molecule has 2 aromatic rings. The molecule has 114 valence electrons. The van der Waals surface area contributed by atoms with E-state index in [0.717, 1.165) is 9.24 Å². The predicted octanol–water partition coefficient (Wildman–Crippen LogP) is 1.13. The van der Waals surface area contributed by atoms with Crippen LogP contribution in [0, 0.1) is 0 Å². The summed E-state index contributed by atoms with van der Waals surface area (Å²) in [7, 11) is -0.624. The Morgan fingerprint density at radius 3 is 2.27 bits per heavy atom. The van der Waals surface area contributed by atoms with Crippen molar-refractivity contribution < 1.29 is 28.4 Å². The van der Waals surface area contributed by atoms with Gasteiger partial charge in [0.2, 0.25) is 5.78 Å². The highest BCUT2D eigenvalue weighted by molar-refractivity contribution is 7.20. The number of benzene rings is 2. The van der Waals surface area contributed by atoms with Gasteiger partial charge in [0.15, 0.2) is 5.78 Å². The Morgan fingerprint density at radius 1 is 1.09 bits per heavy atom. The molecule has 22 heavy (non-hydrogen) atoms. The normalized spacial score (nSPS) is 11.5. The van der Waals surface area contributed by atoms with Crippen LogP contribution in [0.4, 0.5) is 8.78 Å². The topological polar surface area (TPSA) is 74.6 Å². The Morgan fingerprint density at radius 2 is 1.68 bits per heavy atom. The molecule has 8 heteroatoms.